The molecule has 1 atom stereocenters. The number of sulfonamides is 1. The highest BCUT2D eigenvalue weighted by Gasteiger charge is 2.32. The van der Waals surface area contributed by atoms with Gasteiger partial charge in [0.2, 0.25) is 21.8 Å². The highest BCUT2D eigenvalue weighted by molar-refractivity contribution is 7.92. The van der Waals surface area contributed by atoms with E-state index in [0.29, 0.717) is 21.0 Å². The summed E-state index contributed by atoms with van der Waals surface area (Å²) < 4.78 is 52.8. The highest BCUT2D eigenvalue weighted by Crippen LogP contribution is 2.22. The van der Waals surface area contributed by atoms with Gasteiger partial charge in [0.05, 0.1) is 11.9 Å². The Morgan fingerprint density at radius 3 is 2.18 bits per heavy atom. The molecule has 7 nitrogen and oxygen atoms in total. The molecule has 1 unspecified atom stereocenters. The van der Waals surface area contributed by atoms with Gasteiger partial charge in [-0.2, -0.15) is 0 Å². The van der Waals surface area contributed by atoms with Crippen LogP contribution in [-0.4, -0.2) is 50.0 Å². The smallest absolute Gasteiger partial charge is 0.244 e. The molecular weight excluding hydrogens is 488 g/mol. The van der Waals surface area contributed by atoms with Gasteiger partial charge in [-0.15, -0.1) is 0 Å². The topological polar surface area (TPSA) is 86.8 Å². The van der Waals surface area contributed by atoms with Crippen molar-refractivity contribution < 1.29 is 26.8 Å². The van der Waals surface area contributed by atoms with E-state index in [9.17, 15) is 26.8 Å². The number of hydrogen-bond donors (Lipinski definition) is 1. The number of nitrogens with zero attached hydrogens (tertiary/aromatic N) is 2. The van der Waals surface area contributed by atoms with E-state index in [4.69, 9.17) is 11.6 Å². The molecule has 0 radical (unpaired) electrons. The fourth-order valence-corrected chi connectivity index (χ4v) is 4.31. The maximum atomic E-state index is 13.8. The number of carbonyl (C=O) groups is 2. The maximum absolute atomic E-state index is 13.8. The SMILES string of the molecule is CCC(C(=O)NC(C)C)N(Cc1ccc(Cl)cc1)C(=O)CN(c1ccc(F)c(F)c1)S(C)(=O)=O. The summed E-state index contributed by atoms with van der Waals surface area (Å²) in [6, 6.07) is 8.15. The van der Waals surface area contributed by atoms with Gasteiger partial charge in [0, 0.05) is 23.7 Å². The van der Waals surface area contributed by atoms with E-state index < -0.39 is 46.1 Å². The van der Waals surface area contributed by atoms with Gasteiger partial charge < -0.3 is 10.2 Å². The number of benzene rings is 2. The van der Waals surface area contributed by atoms with Crippen molar-refractivity contribution in [3.05, 3.63) is 64.7 Å². The summed E-state index contributed by atoms with van der Waals surface area (Å²) in [5.74, 6) is -3.47. The number of anilines is 1. The van der Waals surface area contributed by atoms with Gasteiger partial charge in [0.25, 0.3) is 0 Å². The summed E-state index contributed by atoms with van der Waals surface area (Å²) >= 11 is 5.94. The molecule has 0 aliphatic heterocycles. The second-order valence-corrected chi connectivity index (χ2v) is 10.4. The van der Waals surface area contributed by atoms with Gasteiger partial charge in [-0.3, -0.25) is 13.9 Å². The molecule has 0 fully saturated rings. The monoisotopic (exact) mass is 515 g/mol. The summed E-state index contributed by atoms with van der Waals surface area (Å²) in [6.07, 6.45) is 1.12. The van der Waals surface area contributed by atoms with Gasteiger partial charge >= 0.3 is 0 Å². The predicted molar refractivity (Wildman–Crippen MR) is 128 cm³/mol. The first-order chi connectivity index (χ1) is 15.8. The van der Waals surface area contributed by atoms with E-state index in [1.165, 1.54) is 4.90 Å². The van der Waals surface area contributed by atoms with Crippen LogP contribution in [0.4, 0.5) is 14.5 Å². The van der Waals surface area contributed by atoms with E-state index in [1.807, 2.05) is 0 Å². The van der Waals surface area contributed by atoms with Crippen molar-refractivity contribution in [1.82, 2.24) is 10.2 Å². The Kier molecular flexibility index (Phi) is 9.40. The highest BCUT2D eigenvalue weighted by atomic mass is 35.5. The lowest BCUT2D eigenvalue weighted by Gasteiger charge is -2.33. The van der Waals surface area contributed by atoms with Crippen LogP contribution < -0.4 is 9.62 Å². The van der Waals surface area contributed by atoms with Crippen LogP contribution in [0.1, 0.15) is 32.8 Å². The predicted octanol–water partition coefficient (Wildman–Crippen LogP) is 3.72. The van der Waals surface area contributed by atoms with Crippen molar-refractivity contribution in [2.24, 2.45) is 0 Å². The molecule has 1 N–H and O–H groups in total. The third-order valence-corrected chi connectivity index (χ3v) is 6.35. The molecular formula is C23H28ClF2N3O4S. The molecule has 2 aromatic carbocycles. The quantitative estimate of drug-likeness (QED) is 0.522. The molecule has 0 saturated carbocycles. The number of nitrogens with one attached hydrogen (secondary N) is 1. The summed E-state index contributed by atoms with van der Waals surface area (Å²) in [5.41, 5.74) is 0.466. The van der Waals surface area contributed by atoms with Crippen molar-refractivity contribution in [2.75, 3.05) is 17.1 Å². The second kappa shape index (κ2) is 11.6. The summed E-state index contributed by atoms with van der Waals surface area (Å²) in [5, 5.41) is 3.27. The number of hydrogen-bond acceptors (Lipinski definition) is 4. The normalized spacial score (nSPS) is 12.4. The van der Waals surface area contributed by atoms with Gasteiger partial charge in [-0.1, -0.05) is 30.7 Å². The fourth-order valence-electron chi connectivity index (χ4n) is 3.34. The van der Waals surface area contributed by atoms with Crippen molar-refractivity contribution in [3.8, 4) is 0 Å². The molecule has 11 heteroatoms. The van der Waals surface area contributed by atoms with E-state index in [0.717, 1.165) is 18.4 Å². The molecule has 0 saturated heterocycles. The van der Waals surface area contributed by atoms with E-state index in [1.54, 1.807) is 45.0 Å². The van der Waals surface area contributed by atoms with E-state index >= 15 is 0 Å². The third-order valence-electron chi connectivity index (χ3n) is 4.95. The van der Waals surface area contributed by atoms with Crippen LogP contribution >= 0.6 is 11.6 Å². The van der Waals surface area contributed by atoms with Crippen LogP contribution in [0, 0.1) is 11.6 Å². The van der Waals surface area contributed by atoms with Crippen molar-refractivity contribution in [2.45, 2.75) is 45.8 Å². The van der Waals surface area contributed by atoms with Gasteiger partial charge in [-0.25, -0.2) is 17.2 Å². The molecule has 2 rings (SSSR count). The number of rotatable bonds is 10. The van der Waals surface area contributed by atoms with Crippen LogP contribution in [-0.2, 0) is 26.2 Å². The Morgan fingerprint density at radius 1 is 1.06 bits per heavy atom. The van der Waals surface area contributed by atoms with Crippen LogP contribution in [0.15, 0.2) is 42.5 Å². The van der Waals surface area contributed by atoms with Crippen molar-refractivity contribution >= 4 is 39.1 Å². The Balaban J connectivity index is 2.45. The number of carbonyl (C=O) groups excluding carboxylic acids is 2. The lowest BCUT2D eigenvalue weighted by atomic mass is 10.1. The Hall–Kier alpha value is -2.72. The Morgan fingerprint density at radius 2 is 1.68 bits per heavy atom. The average molecular weight is 516 g/mol. The largest absolute Gasteiger partial charge is 0.352 e. The Bertz CT molecular complexity index is 1130. The molecule has 0 aliphatic carbocycles. The lowest BCUT2D eigenvalue weighted by molar-refractivity contribution is -0.140. The van der Waals surface area contributed by atoms with E-state index in [-0.39, 0.29) is 24.7 Å². The second-order valence-electron chi connectivity index (χ2n) is 8.10. The minimum absolute atomic E-state index is 0.00933. The van der Waals surface area contributed by atoms with Crippen molar-refractivity contribution in [3.63, 3.8) is 0 Å². The van der Waals surface area contributed by atoms with Gasteiger partial charge in [0.15, 0.2) is 11.6 Å². The minimum Gasteiger partial charge on any atom is -0.352 e. The first-order valence-corrected chi connectivity index (χ1v) is 12.8. The molecule has 0 aromatic heterocycles. The third kappa shape index (κ3) is 7.39. The molecule has 0 bridgehead atoms. The van der Waals surface area contributed by atoms with Crippen molar-refractivity contribution in [1.29, 1.82) is 0 Å². The van der Waals surface area contributed by atoms with Crippen LogP contribution in [0.25, 0.3) is 0 Å². The van der Waals surface area contributed by atoms with Crippen LogP contribution in [0.2, 0.25) is 5.02 Å². The molecule has 0 spiro atoms. The van der Waals surface area contributed by atoms with Crippen LogP contribution in [0.5, 0.6) is 0 Å². The minimum atomic E-state index is -4.05. The molecule has 0 aliphatic rings. The molecule has 0 heterocycles. The first-order valence-electron chi connectivity index (χ1n) is 10.6. The Labute approximate surface area is 203 Å². The molecule has 2 aromatic rings. The van der Waals surface area contributed by atoms with E-state index in [2.05, 4.69) is 5.32 Å². The summed E-state index contributed by atoms with van der Waals surface area (Å²) in [4.78, 5) is 27.6. The fraction of sp³-hybridized carbons (Fsp3) is 0.391. The van der Waals surface area contributed by atoms with Crippen LogP contribution in [0.3, 0.4) is 0 Å². The zero-order chi connectivity index (χ0) is 25.6. The maximum Gasteiger partial charge on any atom is 0.244 e. The summed E-state index contributed by atoms with van der Waals surface area (Å²) in [6.45, 7) is 4.60. The zero-order valence-electron chi connectivity index (χ0n) is 19.4. The molecule has 34 heavy (non-hydrogen) atoms. The summed E-state index contributed by atoms with van der Waals surface area (Å²) in [7, 11) is -4.05. The zero-order valence-corrected chi connectivity index (χ0v) is 21.0. The lowest BCUT2D eigenvalue weighted by Crippen LogP contribution is -2.53. The molecule has 186 valence electrons. The standard InChI is InChI=1S/C23H28ClF2N3O4S/c1-5-21(23(31)27-15(2)3)28(13-16-6-8-17(24)9-7-16)22(30)14-29(34(4,32)33)18-10-11-19(25)20(26)12-18/h6-12,15,21H,5,13-14H2,1-4H3,(H,27,31). The first kappa shape index (κ1) is 27.5. The van der Waals surface area contributed by atoms with Gasteiger partial charge in [-0.05, 0) is 50.1 Å². The molecule has 2 amide bonds. The average Bonchev–Trinajstić information content (AvgIpc) is 2.74. The number of halogens is 3. The number of amides is 2. The van der Waals surface area contributed by atoms with Gasteiger partial charge in [0.1, 0.15) is 12.6 Å².